The van der Waals surface area contributed by atoms with Crippen molar-refractivity contribution in [1.29, 1.82) is 0 Å². The lowest BCUT2D eigenvalue weighted by molar-refractivity contribution is -0.888. The first-order valence-corrected chi connectivity index (χ1v) is 47.9. The minimum absolute atomic E-state index is 0.0325. The number of ether oxygens (including phenoxy) is 1. The van der Waals surface area contributed by atoms with Crippen molar-refractivity contribution >= 4 is 5.78 Å². The first-order chi connectivity index (χ1) is 57.4. The predicted octanol–water partition coefficient (Wildman–Crippen LogP) is 9.86. The molecule has 14 aliphatic heterocycles. The number of allylic oxidation sites excluding steroid dienone is 1. The number of carbonyl (C=O) groups excluding carboxylic acids is 1. The van der Waals surface area contributed by atoms with Gasteiger partial charge in [-0.05, 0) is 309 Å². The number of carbonyl (C=O) groups is 1. The van der Waals surface area contributed by atoms with E-state index in [9.17, 15) is 9.90 Å². The van der Waals surface area contributed by atoms with Crippen molar-refractivity contribution in [3.8, 4) is 0 Å². The van der Waals surface area contributed by atoms with Crippen LogP contribution in [0.4, 0.5) is 0 Å². The van der Waals surface area contributed by atoms with Gasteiger partial charge in [0.05, 0.1) is 85.1 Å². The number of likely N-dealkylation sites (tertiary alicyclic amines) is 9. The van der Waals surface area contributed by atoms with Gasteiger partial charge >= 0.3 is 0 Å². The van der Waals surface area contributed by atoms with Crippen LogP contribution in [0.3, 0.4) is 0 Å². The summed E-state index contributed by atoms with van der Waals surface area (Å²) in [4.78, 5) is 40.0. The summed E-state index contributed by atoms with van der Waals surface area (Å²) < 4.78 is 6.00. The third-order valence-corrected chi connectivity index (χ3v) is 24.5. The molecule has 0 aliphatic carbocycles. The highest BCUT2D eigenvalue weighted by Gasteiger charge is 2.24. The summed E-state index contributed by atoms with van der Waals surface area (Å²) in [5, 5.41) is 52.8. The normalized spacial score (nSPS) is 29.5. The number of nitrogens with zero attached hydrogens (tertiary/aromatic N) is 14. The van der Waals surface area contributed by atoms with Crippen molar-refractivity contribution < 1.29 is 44.7 Å². The minimum Gasteiger partial charge on any atom is -0.395 e. The molecule has 8 N–H and O–H groups in total. The van der Waals surface area contributed by atoms with E-state index in [-0.39, 0.29) is 18.3 Å². The second-order valence-corrected chi connectivity index (χ2v) is 39.0. The van der Waals surface area contributed by atoms with E-state index in [1.54, 1.807) is 6.08 Å². The minimum atomic E-state index is -0.367. The van der Waals surface area contributed by atoms with Gasteiger partial charge in [0.25, 0.3) is 0 Å². The molecule has 0 bridgehead atoms. The van der Waals surface area contributed by atoms with Gasteiger partial charge in [-0.25, -0.2) is 0 Å². The molecule has 23 nitrogen and oxygen atoms in total. The van der Waals surface area contributed by atoms with Crippen LogP contribution >= 0.6 is 0 Å². The maximum atomic E-state index is 10.6. The van der Waals surface area contributed by atoms with Gasteiger partial charge in [0.2, 0.25) is 0 Å². The molecule has 9 saturated heterocycles. The molecule has 0 amide bonds. The summed E-state index contributed by atoms with van der Waals surface area (Å²) in [6.07, 6.45) is 49.6. The Hall–Kier alpha value is -2.77. The Kier molecular flexibility index (Phi) is 72.4. The van der Waals surface area contributed by atoms with E-state index in [0.29, 0.717) is 69.5 Å². The number of aliphatic hydroxyl groups is 6. The van der Waals surface area contributed by atoms with Crippen LogP contribution in [0.5, 0.6) is 0 Å². The van der Waals surface area contributed by atoms with Crippen LogP contribution in [0.25, 0.3) is 0 Å². The maximum absolute atomic E-state index is 10.6. The molecule has 0 aromatic rings. The predicted molar refractivity (Wildman–Crippen MR) is 518 cm³/mol. The number of aliphatic hydroxyl groups excluding tert-OH is 6. The highest BCUT2D eigenvalue weighted by molar-refractivity contribution is 5.81. The van der Waals surface area contributed by atoms with Gasteiger partial charge in [0.1, 0.15) is 5.78 Å². The van der Waals surface area contributed by atoms with Crippen LogP contribution in [0.2, 0.25) is 0 Å². The fraction of sp³-hybridized carbons (Fsp3) is 0.867. The summed E-state index contributed by atoms with van der Waals surface area (Å²) in [6, 6.07) is 2.03. The molecule has 0 aromatic carbocycles. The second-order valence-electron chi connectivity index (χ2n) is 39.0. The monoisotopic (exact) mass is 1720 g/mol. The average molecular weight is 1720 g/mol. The number of ketones is 1. The van der Waals surface area contributed by atoms with Crippen LogP contribution < -0.4 is 5.73 Å². The molecule has 0 aromatic heterocycles. The number of Topliss-reactive ketones (excluding diaryl/α,β-unsaturated/α-hetero) is 1. The van der Waals surface area contributed by atoms with Crippen LogP contribution in [0.1, 0.15) is 177 Å². The standard InChI is InChI=1S/C8H16N.C7H16N2.C7H15NO.2C7H15N.3C7H13N.C7H15N.3C6H13NO.C6H11NO.C5H11NO.C5H8O2/c1-8-5-4-6-9(2,3)7-8;1-9-5-3-2-4-7(9)6-8;1-8-5-2-3-7(9)4-6-8;1-7-3-5-8(2)6-4-7;4*1-7-4-3-5-8(2)6-7;1-4-5-6-7-8(2)3;3*1-7-4-2-3-6(7)5-8;1-7-4-2-3-6(8)5-7;1-6-3-2-5(7)4-6;6-5-2-1-3-7-4-5/h4-5,8H,6-7H2,1-3H3;7H,2-6,8H2,1H3;7,9H,2-6H2,1H3;2*7H,3-6H2,1-2H3;3*3-4,7H,5-6H2,1-2H3;5-6H,4,7H2,1-3H3;3*6,8H,2-5H2,1H3;2-5H2,1H3;5,7H,2-4H2,1H3;1-2,5-6H,3-4H2/q+1;;;;;;;;;;;;;;/b;;;;;;;;6-5+;;;;;;/t;;;;;2*7-;;;2*6-;;;;/m.....10..10..../s1. The van der Waals surface area contributed by atoms with E-state index in [0.717, 1.165) is 170 Å². The third kappa shape index (κ3) is 68.1. The molecule has 23 heteroatoms. The molecule has 8 unspecified atom stereocenters. The van der Waals surface area contributed by atoms with E-state index in [1.807, 2.05) is 20.2 Å². The zero-order valence-corrected chi connectivity index (χ0v) is 82.9. The lowest BCUT2D eigenvalue weighted by atomic mass is 10.00. The highest BCUT2D eigenvalue weighted by atomic mass is 16.5. The first-order valence-electron chi connectivity index (χ1n) is 47.9. The van der Waals surface area contributed by atoms with Crippen LogP contribution in [0.15, 0.2) is 72.9 Å². The SMILES string of the molecule is CC/C=C/CN(C)C.CC1C=CCN(C)C1.CC1C=CC[N+](C)(C)C1.CC1CCCN(C)C1.CC1CCN(C)CC1.CN1CCC(O)C1.CN1CCCC(=O)C1.CN1CCCC(O)CC1.CN1CCCC1CO.CN1CCCCC1CN.CN1CCC[C@@H]1CO.CN1CCC[C@H]1CO.C[C@@H]1C=CCN(C)C1.C[C@H]1C=CCN(C)C1.OC1C=CCOC1. The second kappa shape index (κ2) is 74.1. The Balaban J connectivity index is 0.00000128. The summed E-state index contributed by atoms with van der Waals surface area (Å²) in [5.74, 6) is 5.35. The Morgan fingerprint density at radius 1 is 0.430 bits per heavy atom. The number of piperidine rings is 4. The number of quaternary nitrogens is 1. The molecular formula is C98H200N15O8+. The van der Waals surface area contributed by atoms with E-state index in [1.165, 1.54) is 149 Å². The van der Waals surface area contributed by atoms with Gasteiger partial charge in [-0.1, -0.05) is 122 Å². The van der Waals surface area contributed by atoms with Crippen molar-refractivity contribution in [2.75, 3.05) is 303 Å². The number of β-amino-alcohol motifs (C(OH)–C–C–N with tert-alkyl or cyclic N) is 1. The lowest BCUT2D eigenvalue weighted by Gasteiger charge is -2.33. The van der Waals surface area contributed by atoms with Gasteiger partial charge in [-0.3, -0.25) is 9.69 Å². The fourth-order valence-electron chi connectivity index (χ4n) is 16.5. The molecule has 0 spiro atoms. The van der Waals surface area contributed by atoms with Gasteiger partial charge in [-0.2, -0.15) is 0 Å². The van der Waals surface area contributed by atoms with E-state index in [4.69, 9.17) is 36.0 Å². The van der Waals surface area contributed by atoms with Crippen molar-refractivity contribution in [2.24, 2.45) is 41.2 Å². The molecule has 714 valence electrons. The molecular weight excluding hydrogens is 1520 g/mol. The topological polar surface area (TPSA) is 216 Å². The quantitative estimate of drug-likeness (QED) is 0.0932. The van der Waals surface area contributed by atoms with E-state index >= 15 is 0 Å². The Bertz CT molecular complexity index is 2440. The van der Waals surface area contributed by atoms with Crippen LogP contribution in [-0.4, -0.2) is 450 Å². The molecule has 0 saturated carbocycles. The Morgan fingerprint density at radius 3 is 1.13 bits per heavy atom. The number of nitrogens with two attached hydrogens (primary N) is 1. The molecule has 14 aliphatic rings. The lowest BCUT2D eigenvalue weighted by Crippen LogP contribution is -2.44. The third-order valence-electron chi connectivity index (χ3n) is 24.5. The summed E-state index contributed by atoms with van der Waals surface area (Å²) in [6.45, 7) is 45.2. The first kappa shape index (κ1) is 118. The molecule has 121 heavy (non-hydrogen) atoms. The Labute approximate surface area is 746 Å². The van der Waals surface area contributed by atoms with Gasteiger partial charge in [0, 0.05) is 115 Å². The number of likely N-dealkylation sites (N-methyl/N-ethyl adjacent to an activating group) is 11. The van der Waals surface area contributed by atoms with Gasteiger partial charge < -0.3 is 104 Å². The Morgan fingerprint density at radius 2 is 0.851 bits per heavy atom. The molecule has 14 heterocycles. The zero-order chi connectivity index (χ0) is 90.9. The van der Waals surface area contributed by atoms with E-state index < -0.39 is 0 Å². The van der Waals surface area contributed by atoms with E-state index in [2.05, 4.69) is 272 Å². The average Bonchev–Trinajstić information content (AvgIpc) is 1.67. The van der Waals surface area contributed by atoms with Crippen LogP contribution in [0, 0.1) is 35.5 Å². The molecule has 12 atom stereocenters. The summed E-state index contributed by atoms with van der Waals surface area (Å²) in [5.41, 5.74) is 5.55. The molecule has 0 radical (unpaired) electrons. The fourth-order valence-corrected chi connectivity index (χ4v) is 16.5. The highest BCUT2D eigenvalue weighted by Crippen LogP contribution is 2.19. The smallest absolute Gasteiger partial charge is 0.146 e. The van der Waals surface area contributed by atoms with Crippen molar-refractivity contribution in [1.82, 2.24) is 63.7 Å². The largest absolute Gasteiger partial charge is 0.395 e. The van der Waals surface area contributed by atoms with Crippen molar-refractivity contribution in [3.63, 3.8) is 0 Å². The summed E-state index contributed by atoms with van der Waals surface area (Å²) in [7, 11) is 34.0. The van der Waals surface area contributed by atoms with Crippen molar-refractivity contribution in [3.05, 3.63) is 72.9 Å². The number of hydrogen-bond acceptors (Lipinski definition) is 22. The van der Waals surface area contributed by atoms with Crippen LogP contribution in [-0.2, 0) is 9.53 Å². The molecule has 14 rings (SSSR count). The number of rotatable bonds is 7. The molecule has 9 fully saturated rings. The zero-order valence-electron chi connectivity index (χ0n) is 82.9. The number of hydrogen-bond donors (Lipinski definition) is 7. The maximum Gasteiger partial charge on any atom is 0.146 e. The van der Waals surface area contributed by atoms with Crippen molar-refractivity contribution in [2.45, 2.75) is 219 Å². The van der Waals surface area contributed by atoms with Gasteiger partial charge in [0.15, 0.2) is 0 Å². The summed E-state index contributed by atoms with van der Waals surface area (Å²) >= 11 is 0. The van der Waals surface area contributed by atoms with Gasteiger partial charge in [-0.15, -0.1) is 0 Å².